The fourth-order valence-electron chi connectivity index (χ4n) is 2.77. The van der Waals surface area contributed by atoms with E-state index in [-0.39, 0.29) is 24.1 Å². The van der Waals surface area contributed by atoms with Gasteiger partial charge in [-0.15, -0.1) is 0 Å². The van der Waals surface area contributed by atoms with Crippen molar-refractivity contribution in [1.82, 2.24) is 10.3 Å². The van der Waals surface area contributed by atoms with Crippen molar-refractivity contribution in [2.24, 2.45) is 0 Å². The summed E-state index contributed by atoms with van der Waals surface area (Å²) in [6.07, 6.45) is 3.51. The molecule has 1 unspecified atom stereocenters. The Balaban J connectivity index is 1.62. The van der Waals surface area contributed by atoms with Crippen molar-refractivity contribution in [3.05, 3.63) is 46.2 Å². The minimum absolute atomic E-state index is 0.0173. The highest BCUT2D eigenvalue weighted by Crippen LogP contribution is 2.15. The summed E-state index contributed by atoms with van der Waals surface area (Å²) < 4.78 is 5.55. The molecule has 116 valence electrons. The van der Waals surface area contributed by atoms with Gasteiger partial charge < -0.3 is 15.0 Å². The highest BCUT2D eigenvalue weighted by atomic mass is 16.5. The molecule has 0 bridgehead atoms. The third-order valence-electron chi connectivity index (χ3n) is 3.99. The lowest BCUT2D eigenvalue weighted by Crippen LogP contribution is -2.31. The molecule has 5 nitrogen and oxygen atoms in total. The molecule has 0 radical (unpaired) electrons. The number of nitrogens with one attached hydrogen (secondary N) is 2. The van der Waals surface area contributed by atoms with Gasteiger partial charge in [-0.3, -0.25) is 9.59 Å². The van der Waals surface area contributed by atoms with E-state index in [2.05, 4.69) is 10.3 Å². The van der Waals surface area contributed by atoms with Crippen LogP contribution in [-0.2, 0) is 16.1 Å². The fourth-order valence-corrected chi connectivity index (χ4v) is 2.77. The van der Waals surface area contributed by atoms with Gasteiger partial charge in [0.2, 0.25) is 5.91 Å². The number of ether oxygens (including phenoxy) is 1. The van der Waals surface area contributed by atoms with Crippen LogP contribution >= 0.6 is 0 Å². The number of aromatic nitrogens is 1. The van der Waals surface area contributed by atoms with E-state index in [0.717, 1.165) is 36.8 Å². The van der Waals surface area contributed by atoms with Gasteiger partial charge in [-0.05, 0) is 36.8 Å². The van der Waals surface area contributed by atoms with Crippen LogP contribution in [0, 0.1) is 0 Å². The molecule has 1 aliphatic heterocycles. The minimum Gasteiger partial charge on any atom is -0.378 e. The molecule has 2 N–H and O–H groups in total. The van der Waals surface area contributed by atoms with Crippen molar-refractivity contribution < 1.29 is 9.53 Å². The van der Waals surface area contributed by atoms with Gasteiger partial charge in [-0.2, -0.15) is 0 Å². The summed E-state index contributed by atoms with van der Waals surface area (Å²) >= 11 is 0. The van der Waals surface area contributed by atoms with Gasteiger partial charge >= 0.3 is 0 Å². The van der Waals surface area contributed by atoms with Gasteiger partial charge in [-0.25, -0.2) is 0 Å². The first kappa shape index (κ1) is 14.8. The summed E-state index contributed by atoms with van der Waals surface area (Å²) in [5, 5.41) is 3.77. The zero-order valence-corrected chi connectivity index (χ0v) is 12.4. The third kappa shape index (κ3) is 3.54. The zero-order chi connectivity index (χ0) is 15.4. The van der Waals surface area contributed by atoms with E-state index in [1.54, 1.807) is 0 Å². The molecule has 1 aromatic heterocycles. The molecule has 22 heavy (non-hydrogen) atoms. The summed E-state index contributed by atoms with van der Waals surface area (Å²) in [6.45, 7) is 0.980. The monoisotopic (exact) mass is 300 g/mol. The van der Waals surface area contributed by atoms with Crippen molar-refractivity contribution in [2.75, 3.05) is 6.61 Å². The number of benzene rings is 1. The van der Waals surface area contributed by atoms with Gasteiger partial charge in [0, 0.05) is 24.2 Å². The molecule has 0 saturated carbocycles. The number of carbonyl (C=O) groups is 1. The van der Waals surface area contributed by atoms with Crippen molar-refractivity contribution in [3.63, 3.8) is 0 Å². The number of aromatic amines is 1. The largest absolute Gasteiger partial charge is 0.378 e. The van der Waals surface area contributed by atoms with Gasteiger partial charge in [0.05, 0.1) is 12.5 Å². The van der Waals surface area contributed by atoms with Gasteiger partial charge in [0.25, 0.3) is 5.56 Å². The van der Waals surface area contributed by atoms with Gasteiger partial charge in [0.1, 0.15) is 0 Å². The first-order valence-electron chi connectivity index (χ1n) is 7.71. The summed E-state index contributed by atoms with van der Waals surface area (Å²) in [5.74, 6) is -0.0699. The number of H-pyrrole nitrogens is 1. The van der Waals surface area contributed by atoms with E-state index >= 15 is 0 Å². The first-order valence-corrected chi connectivity index (χ1v) is 7.71. The average Bonchev–Trinajstić information content (AvgIpc) is 2.54. The molecule has 2 aromatic rings. The Hall–Kier alpha value is -2.14. The maximum absolute atomic E-state index is 12.0. The maximum Gasteiger partial charge on any atom is 0.253 e. The number of carbonyl (C=O) groups excluding carboxylic acids is 1. The van der Waals surface area contributed by atoms with E-state index in [1.165, 1.54) is 0 Å². The molecular formula is C17H20N2O3. The quantitative estimate of drug-likeness (QED) is 0.908. The molecule has 2 heterocycles. The van der Waals surface area contributed by atoms with Crippen LogP contribution in [0.25, 0.3) is 10.9 Å². The van der Waals surface area contributed by atoms with E-state index in [1.807, 2.05) is 30.3 Å². The Morgan fingerprint density at radius 2 is 2.18 bits per heavy atom. The molecule has 0 spiro atoms. The lowest BCUT2D eigenvalue weighted by atomic mass is 10.1. The Morgan fingerprint density at radius 3 is 3.00 bits per heavy atom. The van der Waals surface area contributed by atoms with E-state index < -0.39 is 0 Å². The Kier molecular flexibility index (Phi) is 4.53. The van der Waals surface area contributed by atoms with E-state index in [4.69, 9.17) is 4.74 Å². The standard InChI is InChI=1S/C17H20N2O3/c20-16(10-14-6-3-4-8-22-14)18-11-13-9-12-5-1-2-7-15(12)19-17(13)21/h1-2,5,7,9,14H,3-4,6,8,10-11H2,(H,18,20)(H,19,21). The summed E-state index contributed by atoms with van der Waals surface area (Å²) in [6, 6.07) is 9.42. The predicted octanol–water partition coefficient (Wildman–Crippen LogP) is 2.10. The van der Waals surface area contributed by atoms with Crippen LogP contribution in [-0.4, -0.2) is 23.6 Å². The van der Waals surface area contributed by atoms with E-state index in [9.17, 15) is 9.59 Å². The SMILES string of the molecule is O=C(CC1CCCCO1)NCc1cc2ccccc2[nH]c1=O. The highest BCUT2D eigenvalue weighted by molar-refractivity contribution is 5.79. The molecule has 1 atom stereocenters. The van der Waals surface area contributed by atoms with Crippen molar-refractivity contribution in [3.8, 4) is 0 Å². The number of rotatable bonds is 4. The van der Waals surface area contributed by atoms with Crippen LogP contribution in [0.15, 0.2) is 35.1 Å². The number of amides is 1. The van der Waals surface area contributed by atoms with Crippen molar-refractivity contribution >= 4 is 16.8 Å². The molecule has 0 aliphatic carbocycles. The second-order valence-electron chi connectivity index (χ2n) is 5.68. The lowest BCUT2D eigenvalue weighted by Gasteiger charge is -2.21. The molecule has 3 rings (SSSR count). The average molecular weight is 300 g/mol. The Bertz CT molecular complexity index is 717. The molecule has 1 aliphatic rings. The number of fused-ring (bicyclic) bond motifs is 1. The van der Waals surface area contributed by atoms with Crippen LogP contribution in [0.3, 0.4) is 0 Å². The first-order chi connectivity index (χ1) is 10.7. The summed E-state index contributed by atoms with van der Waals surface area (Å²) in [5.41, 5.74) is 1.21. The van der Waals surface area contributed by atoms with Crippen LogP contribution in [0.5, 0.6) is 0 Å². The summed E-state index contributed by atoms with van der Waals surface area (Å²) in [4.78, 5) is 26.8. The Morgan fingerprint density at radius 1 is 1.32 bits per heavy atom. The normalized spacial score (nSPS) is 18.3. The smallest absolute Gasteiger partial charge is 0.253 e. The number of para-hydroxylation sites is 1. The lowest BCUT2D eigenvalue weighted by molar-refractivity contribution is -0.125. The fraction of sp³-hybridized carbons (Fsp3) is 0.412. The van der Waals surface area contributed by atoms with E-state index in [0.29, 0.717) is 12.0 Å². The molecule has 1 saturated heterocycles. The van der Waals surface area contributed by atoms with Crippen LogP contribution in [0.2, 0.25) is 0 Å². The predicted molar refractivity (Wildman–Crippen MR) is 84.6 cm³/mol. The zero-order valence-electron chi connectivity index (χ0n) is 12.4. The van der Waals surface area contributed by atoms with Gasteiger partial charge in [-0.1, -0.05) is 18.2 Å². The minimum atomic E-state index is -0.159. The number of hydrogen-bond acceptors (Lipinski definition) is 3. The second kappa shape index (κ2) is 6.75. The van der Waals surface area contributed by atoms with Crippen LogP contribution in [0.1, 0.15) is 31.2 Å². The molecule has 1 aromatic carbocycles. The topological polar surface area (TPSA) is 71.2 Å². The number of pyridine rings is 1. The molecular weight excluding hydrogens is 280 g/mol. The Labute approximate surface area is 128 Å². The van der Waals surface area contributed by atoms with Crippen molar-refractivity contribution in [2.45, 2.75) is 38.3 Å². The summed E-state index contributed by atoms with van der Waals surface area (Å²) in [7, 11) is 0. The van der Waals surface area contributed by atoms with Crippen LogP contribution < -0.4 is 10.9 Å². The van der Waals surface area contributed by atoms with Gasteiger partial charge in [0.15, 0.2) is 0 Å². The van der Waals surface area contributed by atoms with Crippen LogP contribution in [0.4, 0.5) is 0 Å². The second-order valence-corrected chi connectivity index (χ2v) is 5.68. The molecule has 1 amide bonds. The third-order valence-corrected chi connectivity index (χ3v) is 3.99. The number of hydrogen-bond donors (Lipinski definition) is 2. The maximum atomic E-state index is 12.0. The van der Waals surface area contributed by atoms with Crippen molar-refractivity contribution in [1.29, 1.82) is 0 Å². The highest BCUT2D eigenvalue weighted by Gasteiger charge is 2.17. The molecule has 1 fully saturated rings. The molecule has 5 heteroatoms.